The van der Waals surface area contributed by atoms with Gasteiger partial charge in [0.15, 0.2) is 0 Å². The number of urea groups is 1. The standard InChI is InChI=1S/C41H46N6O2/c1-7-8-22-47(37-26-33-15-10-18-43-39(33)45-40(37)48)41(49)44-38-35(28(2)3)24-34(25-36(38)29(4)5)32-14-9-12-30(23-32)13-11-21-46(6)27-31-16-19-42-20-17-31/h9-10,12,14-20,23-26,28-29H,7-8,21-22,27H2,1-6H3,(H,44,49)(H,43,45,48). The number of amides is 2. The number of rotatable bonds is 11. The van der Waals surface area contributed by atoms with Gasteiger partial charge in [-0.3, -0.25) is 19.6 Å². The monoisotopic (exact) mass is 654 g/mol. The molecule has 0 aliphatic rings. The Morgan fingerprint density at radius 3 is 2.35 bits per heavy atom. The second-order valence-electron chi connectivity index (χ2n) is 13.1. The number of nitrogens with zero attached hydrogens (tertiary/aromatic N) is 4. The molecule has 0 aliphatic heterocycles. The van der Waals surface area contributed by atoms with Crippen molar-refractivity contribution in [3.05, 3.63) is 118 Å². The molecule has 3 heterocycles. The molecule has 2 N–H and O–H groups in total. The Kier molecular flexibility index (Phi) is 11.6. The van der Waals surface area contributed by atoms with Crippen molar-refractivity contribution in [2.75, 3.05) is 30.4 Å². The van der Waals surface area contributed by atoms with Gasteiger partial charge in [0.25, 0.3) is 5.56 Å². The highest BCUT2D eigenvalue weighted by Crippen LogP contribution is 2.38. The number of fused-ring (bicyclic) bond motifs is 1. The summed E-state index contributed by atoms with van der Waals surface area (Å²) in [6, 6.07) is 21.8. The number of pyridine rings is 3. The molecule has 0 bridgehead atoms. The fourth-order valence-corrected chi connectivity index (χ4v) is 5.86. The Balaban J connectivity index is 1.44. The minimum Gasteiger partial charge on any atom is -0.307 e. The Morgan fingerprint density at radius 1 is 0.918 bits per heavy atom. The average molecular weight is 655 g/mol. The number of aromatic nitrogens is 3. The highest BCUT2D eigenvalue weighted by atomic mass is 16.2. The summed E-state index contributed by atoms with van der Waals surface area (Å²) >= 11 is 0. The molecule has 0 atom stereocenters. The van der Waals surface area contributed by atoms with Gasteiger partial charge in [0.1, 0.15) is 11.3 Å². The van der Waals surface area contributed by atoms with Crippen molar-refractivity contribution in [1.82, 2.24) is 19.9 Å². The van der Waals surface area contributed by atoms with Crippen LogP contribution >= 0.6 is 0 Å². The van der Waals surface area contributed by atoms with Crippen molar-refractivity contribution >= 4 is 28.4 Å². The molecule has 0 fully saturated rings. The summed E-state index contributed by atoms with van der Waals surface area (Å²) in [5.74, 6) is 6.93. The first-order valence-electron chi connectivity index (χ1n) is 17.1. The first-order chi connectivity index (χ1) is 23.6. The van der Waals surface area contributed by atoms with Crippen LogP contribution in [-0.4, -0.2) is 46.0 Å². The summed E-state index contributed by atoms with van der Waals surface area (Å²) in [6.45, 7) is 12.5. The Morgan fingerprint density at radius 2 is 1.65 bits per heavy atom. The molecule has 0 spiro atoms. The molecule has 0 saturated heterocycles. The lowest BCUT2D eigenvalue weighted by molar-refractivity contribution is 0.256. The molecular weight excluding hydrogens is 608 g/mol. The Bertz CT molecular complexity index is 1990. The second-order valence-corrected chi connectivity index (χ2v) is 13.1. The van der Waals surface area contributed by atoms with E-state index < -0.39 is 0 Å². The SMILES string of the molecule is CCCCN(C(=O)Nc1c(C(C)C)cc(-c2cccc(C#CCN(C)Cc3ccncc3)c2)cc1C(C)C)c1cc2cccnc2[nH]c1=O. The van der Waals surface area contributed by atoms with E-state index in [1.54, 1.807) is 17.2 Å². The van der Waals surface area contributed by atoms with Crippen LogP contribution in [-0.2, 0) is 6.54 Å². The van der Waals surface area contributed by atoms with Crippen molar-refractivity contribution in [2.45, 2.75) is 65.8 Å². The first kappa shape index (κ1) is 35.1. The predicted molar refractivity (Wildman–Crippen MR) is 201 cm³/mol. The van der Waals surface area contributed by atoms with Gasteiger partial charge in [-0.25, -0.2) is 9.78 Å². The molecule has 5 rings (SSSR count). The molecule has 0 unspecified atom stereocenters. The number of aromatic amines is 1. The number of anilines is 2. The van der Waals surface area contributed by atoms with E-state index in [1.807, 2.05) is 48.8 Å². The topological polar surface area (TPSA) is 94.2 Å². The van der Waals surface area contributed by atoms with Crippen LogP contribution in [0.2, 0.25) is 0 Å². The zero-order valence-corrected chi connectivity index (χ0v) is 29.4. The number of hydrogen-bond donors (Lipinski definition) is 2. The van der Waals surface area contributed by atoms with Crippen LogP contribution in [0.15, 0.2) is 90.1 Å². The molecule has 8 nitrogen and oxygen atoms in total. The van der Waals surface area contributed by atoms with Gasteiger partial charge in [0.2, 0.25) is 0 Å². The molecule has 0 aliphatic carbocycles. The molecule has 5 aromatic rings. The van der Waals surface area contributed by atoms with Crippen molar-refractivity contribution in [3.8, 4) is 23.0 Å². The van der Waals surface area contributed by atoms with Gasteiger partial charge < -0.3 is 10.3 Å². The van der Waals surface area contributed by atoms with Gasteiger partial charge in [-0.05, 0) is 108 Å². The van der Waals surface area contributed by atoms with Gasteiger partial charge in [-0.2, -0.15) is 0 Å². The maximum atomic E-state index is 14.1. The lowest BCUT2D eigenvalue weighted by atomic mass is 9.88. The third-order valence-electron chi connectivity index (χ3n) is 8.52. The van der Waals surface area contributed by atoms with Crippen LogP contribution in [0.5, 0.6) is 0 Å². The highest BCUT2D eigenvalue weighted by molar-refractivity contribution is 6.03. The van der Waals surface area contributed by atoms with Gasteiger partial charge in [0, 0.05) is 48.3 Å². The van der Waals surface area contributed by atoms with Crippen molar-refractivity contribution < 1.29 is 4.79 Å². The lowest BCUT2D eigenvalue weighted by Gasteiger charge is -2.27. The minimum absolute atomic E-state index is 0.130. The summed E-state index contributed by atoms with van der Waals surface area (Å²) in [7, 11) is 2.06. The van der Waals surface area contributed by atoms with Gasteiger partial charge in [-0.1, -0.05) is 65.0 Å². The van der Waals surface area contributed by atoms with E-state index in [0.717, 1.165) is 58.3 Å². The van der Waals surface area contributed by atoms with Crippen LogP contribution in [0.25, 0.3) is 22.2 Å². The molecule has 2 aromatic carbocycles. The van der Waals surface area contributed by atoms with Crippen molar-refractivity contribution in [2.24, 2.45) is 0 Å². The smallest absolute Gasteiger partial charge is 0.307 e. The molecule has 3 aromatic heterocycles. The van der Waals surface area contributed by atoms with Crippen molar-refractivity contribution in [1.29, 1.82) is 0 Å². The van der Waals surface area contributed by atoms with Gasteiger partial charge in [-0.15, -0.1) is 0 Å². The maximum Gasteiger partial charge on any atom is 0.326 e. The van der Waals surface area contributed by atoms with Crippen LogP contribution < -0.4 is 15.8 Å². The number of unbranched alkanes of at least 4 members (excludes halogenated alkanes) is 1. The zero-order chi connectivity index (χ0) is 34.9. The number of carbonyl (C=O) groups is 1. The number of carbonyl (C=O) groups excluding carboxylic acids is 1. The molecule has 49 heavy (non-hydrogen) atoms. The molecule has 8 heteroatoms. The molecule has 2 amide bonds. The molecule has 252 valence electrons. The summed E-state index contributed by atoms with van der Waals surface area (Å²) in [4.78, 5) is 42.3. The van der Waals surface area contributed by atoms with Crippen molar-refractivity contribution in [3.63, 3.8) is 0 Å². The lowest BCUT2D eigenvalue weighted by Crippen LogP contribution is -2.39. The third-order valence-corrected chi connectivity index (χ3v) is 8.52. The van der Waals surface area contributed by atoms with Crippen LogP contribution in [0, 0.1) is 11.8 Å². The summed E-state index contributed by atoms with van der Waals surface area (Å²) in [5.41, 5.74) is 7.63. The third kappa shape index (κ3) is 8.81. The number of nitrogens with one attached hydrogen (secondary N) is 2. The number of H-pyrrole nitrogens is 1. The van der Waals surface area contributed by atoms with Gasteiger partial charge >= 0.3 is 6.03 Å². The van der Waals surface area contributed by atoms with E-state index >= 15 is 0 Å². The quantitative estimate of drug-likeness (QED) is 0.139. The predicted octanol–water partition coefficient (Wildman–Crippen LogP) is 8.55. The number of benzene rings is 2. The Hall–Kier alpha value is -5.26. The summed E-state index contributed by atoms with van der Waals surface area (Å²) < 4.78 is 0. The minimum atomic E-state index is -0.343. The molecule has 0 radical (unpaired) electrons. The van der Waals surface area contributed by atoms with E-state index in [-0.39, 0.29) is 23.4 Å². The molecule has 0 saturated carbocycles. The van der Waals surface area contributed by atoms with Crippen LogP contribution in [0.3, 0.4) is 0 Å². The maximum absolute atomic E-state index is 14.1. The molecular formula is C41H46N6O2. The first-order valence-corrected chi connectivity index (χ1v) is 17.1. The van der Waals surface area contributed by atoms with Gasteiger partial charge in [0.05, 0.1) is 6.54 Å². The zero-order valence-electron chi connectivity index (χ0n) is 29.4. The van der Waals surface area contributed by atoms with E-state index in [2.05, 4.69) is 103 Å². The Labute approximate surface area is 289 Å². The number of hydrogen-bond acceptors (Lipinski definition) is 5. The second kappa shape index (κ2) is 16.2. The fraction of sp³-hybridized carbons (Fsp3) is 0.317. The van der Waals surface area contributed by atoms with E-state index in [1.165, 1.54) is 5.56 Å². The van der Waals surface area contributed by atoms with Crippen LogP contribution in [0.1, 0.15) is 81.5 Å². The summed E-state index contributed by atoms with van der Waals surface area (Å²) in [5, 5.41) is 4.03. The summed E-state index contributed by atoms with van der Waals surface area (Å²) in [6.07, 6.45) is 6.89. The van der Waals surface area contributed by atoms with E-state index in [0.29, 0.717) is 24.4 Å². The fourth-order valence-electron chi connectivity index (χ4n) is 5.86. The van der Waals surface area contributed by atoms with E-state index in [9.17, 15) is 9.59 Å². The van der Waals surface area contributed by atoms with Crippen LogP contribution in [0.4, 0.5) is 16.2 Å². The largest absolute Gasteiger partial charge is 0.326 e. The normalized spacial score (nSPS) is 11.2. The highest BCUT2D eigenvalue weighted by Gasteiger charge is 2.24. The van der Waals surface area contributed by atoms with E-state index in [4.69, 9.17) is 0 Å². The average Bonchev–Trinajstić information content (AvgIpc) is 3.09.